The average molecular weight is 166 g/mol. The zero-order valence-corrected chi connectivity index (χ0v) is 6.72. The standard InChI is InChI=1S/C6H6N4S/c1-3-9-5(7)4-6(10-3)8-2-11-4/h2H,1H3,(H2,7,9,10). The highest BCUT2D eigenvalue weighted by Crippen LogP contribution is 2.20. The second kappa shape index (κ2) is 2.13. The van der Waals surface area contributed by atoms with Crippen molar-refractivity contribution in [2.75, 3.05) is 5.73 Å². The van der Waals surface area contributed by atoms with Gasteiger partial charge in [-0.15, -0.1) is 11.3 Å². The van der Waals surface area contributed by atoms with E-state index in [0.717, 1.165) is 4.70 Å². The number of aromatic nitrogens is 3. The summed E-state index contributed by atoms with van der Waals surface area (Å²) in [5.74, 6) is 1.19. The number of fused-ring (bicyclic) bond motifs is 1. The number of hydrogen-bond donors (Lipinski definition) is 1. The number of nitrogen functional groups attached to an aromatic ring is 1. The van der Waals surface area contributed by atoms with Crippen molar-refractivity contribution < 1.29 is 0 Å². The first-order valence-corrected chi connectivity index (χ1v) is 3.98. The van der Waals surface area contributed by atoms with Crippen LogP contribution in [0, 0.1) is 6.92 Å². The Labute approximate surface area is 67.1 Å². The normalized spacial score (nSPS) is 10.6. The third-order valence-corrected chi connectivity index (χ3v) is 2.17. The summed E-state index contributed by atoms with van der Waals surface area (Å²) in [7, 11) is 0. The number of nitrogens with two attached hydrogens (primary N) is 1. The molecule has 0 aromatic carbocycles. The predicted molar refractivity (Wildman–Crippen MR) is 44.4 cm³/mol. The molecule has 11 heavy (non-hydrogen) atoms. The molecule has 4 nitrogen and oxygen atoms in total. The molecular weight excluding hydrogens is 160 g/mol. The number of hydrogen-bond acceptors (Lipinski definition) is 5. The van der Waals surface area contributed by atoms with Gasteiger partial charge in [-0.1, -0.05) is 0 Å². The van der Waals surface area contributed by atoms with E-state index in [1.807, 2.05) is 0 Å². The summed E-state index contributed by atoms with van der Waals surface area (Å²) in [5.41, 5.74) is 8.03. The zero-order valence-electron chi connectivity index (χ0n) is 5.90. The van der Waals surface area contributed by atoms with Gasteiger partial charge in [0.15, 0.2) is 5.65 Å². The summed E-state index contributed by atoms with van der Waals surface area (Å²) in [5, 5.41) is 0. The first-order valence-electron chi connectivity index (χ1n) is 3.10. The second-order valence-electron chi connectivity index (χ2n) is 2.16. The van der Waals surface area contributed by atoms with Crippen LogP contribution in [0.25, 0.3) is 10.3 Å². The minimum absolute atomic E-state index is 0.523. The summed E-state index contributed by atoms with van der Waals surface area (Å²) in [4.78, 5) is 12.1. The number of aryl methyl sites for hydroxylation is 1. The van der Waals surface area contributed by atoms with E-state index in [9.17, 15) is 0 Å². The topological polar surface area (TPSA) is 64.7 Å². The summed E-state index contributed by atoms with van der Waals surface area (Å²) < 4.78 is 0.871. The van der Waals surface area contributed by atoms with Gasteiger partial charge in [-0.25, -0.2) is 15.0 Å². The molecule has 0 aliphatic rings. The van der Waals surface area contributed by atoms with Gasteiger partial charge in [0, 0.05) is 0 Å². The quantitative estimate of drug-likeness (QED) is 0.633. The molecule has 0 amide bonds. The highest BCUT2D eigenvalue weighted by Gasteiger charge is 2.03. The third kappa shape index (κ3) is 0.932. The smallest absolute Gasteiger partial charge is 0.175 e. The zero-order chi connectivity index (χ0) is 7.84. The molecule has 0 aliphatic heterocycles. The molecule has 2 N–H and O–H groups in total. The van der Waals surface area contributed by atoms with Gasteiger partial charge >= 0.3 is 0 Å². The second-order valence-corrected chi connectivity index (χ2v) is 3.02. The molecule has 2 aromatic rings. The van der Waals surface area contributed by atoms with E-state index in [1.165, 1.54) is 11.3 Å². The van der Waals surface area contributed by atoms with Gasteiger partial charge in [0.1, 0.15) is 16.3 Å². The maximum Gasteiger partial charge on any atom is 0.175 e. The van der Waals surface area contributed by atoms with E-state index in [2.05, 4.69) is 15.0 Å². The molecule has 0 saturated heterocycles. The fraction of sp³-hybridized carbons (Fsp3) is 0.167. The number of nitrogens with zero attached hydrogens (tertiary/aromatic N) is 3. The lowest BCUT2D eigenvalue weighted by atomic mass is 10.5. The van der Waals surface area contributed by atoms with Crippen LogP contribution < -0.4 is 5.73 Å². The van der Waals surface area contributed by atoms with Crippen LogP contribution in [0.2, 0.25) is 0 Å². The summed E-state index contributed by atoms with van der Waals surface area (Å²) in [6, 6.07) is 0. The van der Waals surface area contributed by atoms with Crippen molar-refractivity contribution in [3.63, 3.8) is 0 Å². The Morgan fingerprint density at radius 3 is 3.09 bits per heavy atom. The molecule has 0 radical (unpaired) electrons. The highest BCUT2D eigenvalue weighted by atomic mass is 32.1. The fourth-order valence-corrected chi connectivity index (χ4v) is 1.53. The molecule has 2 rings (SSSR count). The molecule has 0 saturated carbocycles. The van der Waals surface area contributed by atoms with Crippen LogP contribution in [0.4, 0.5) is 5.82 Å². The number of thiazole rings is 1. The largest absolute Gasteiger partial charge is 0.382 e. The van der Waals surface area contributed by atoms with E-state index < -0.39 is 0 Å². The lowest BCUT2D eigenvalue weighted by molar-refractivity contribution is 1.09. The predicted octanol–water partition coefficient (Wildman–Crippen LogP) is 0.977. The van der Waals surface area contributed by atoms with Gasteiger partial charge in [0.2, 0.25) is 0 Å². The monoisotopic (exact) mass is 166 g/mol. The fourth-order valence-electron chi connectivity index (χ4n) is 0.898. The van der Waals surface area contributed by atoms with Crippen LogP contribution >= 0.6 is 11.3 Å². The van der Waals surface area contributed by atoms with Crippen LogP contribution in [-0.4, -0.2) is 15.0 Å². The van der Waals surface area contributed by atoms with Crippen LogP contribution in [0.15, 0.2) is 5.51 Å². The van der Waals surface area contributed by atoms with Gasteiger partial charge in [0.25, 0.3) is 0 Å². The molecule has 2 heterocycles. The van der Waals surface area contributed by atoms with Crippen molar-refractivity contribution in [3.05, 3.63) is 11.3 Å². The summed E-state index contributed by atoms with van der Waals surface area (Å²) in [6.45, 7) is 1.80. The molecule has 0 fully saturated rings. The van der Waals surface area contributed by atoms with E-state index in [0.29, 0.717) is 17.3 Å². The van der Waals surface area contributed by atoms with Crippen molar-refractivity contribution in [3.8, 4) is 0 Å². The first-order chi connectivity index (χ1) is 5.27. The molecule has 0 bridgehead atoms. The summed E-state index contributed by atoms with van der Waals surface area (Å²) in [6.07, 6.45) is 0. The molecule has 0 atom stereocenters. The SMILES string of the molecule is Cc1nc(N)c2scnc2n1. The van der Waals surface area contributed by atoms with Gasteiger partial charge < -0.3 is 5.73 Å². The molecule has 56 valence electrons. The van der Waals surface area contributed by atoms with Crippen LogP contribution in [-0.2, 0) is 0 Å². The molecule has 5 heteroatoms. The van der Waals surface area contributed by atoms with Gasteiger partial charge in [0.05, 0.1) is 5.51 Å². The molecule has 2 aromatic heterocycles. The number of anilines is 1. The Morgan fingerprint density at radius 1 is 1.45 bits per heavy atom. The molecular formula is C6H6N4S. The molecule has 0 aliphatic carbocycles. The minimum atomic E-state index is 0.523. The molecule has 0 unspecified atom stereocenters. The minimum Gasteiger partial charge on any atom is -0.382 e. The van der Waals surface area contributed by atoms with Crippen molar-refractivity contribution in [2.24, 2.45) is 0 Å². The highest BCUT2D eigenvalue weighted by molar-refractivity contribution is 7.17. The lowest BCUT2D eigenvalue weighted by Gasteiger charge is -1.94. The van der Waals surface area contributed by atoms with Crippen molar-refractivity contribution in [1.82, 2.24) is 15.0 Å². The van der Waals surface area contributed by atoms with E-state index in [-0.39, 0.29) is 0 Å². The Bertz CT molecular complexity index is 394. The maximum absolute atomic E-state index is 5.62. The van der Waals surface area contributed by atoms with Gasteiger partial charge in [-0.2, -0.15) is 0 Å². The average Bonchev–Trinajstić information content (AvgIpc) is 2.34. The van der Waals surface area contributed by atoms with Gasteiger partial charge in [-0.3, -0.25) is 0 Å². The Kier molecular flexibility index (Phi) is 1.25. The van der Waals surface area contributed by atoms with Crippen molar-refractivity contribution in [2.45, 2.75) is 6.92 Å². The van der Waals surface area contributed by atoms with Crippen LogP contribution in [0.3, 0.4) is 0 Å². The van der Waals surface area contributed by atoms with Crippen molar-refractivity contribution >= 4 is 27.5 Å². The van der Waals surface area contributed by atoms with E-state index in [4.69, 9.17) is 5.73 Å². The van der Waals surface area contributed by atoms with E-state index >= 15 is 0 Å². The van der Waals surface area contributed by atoms with Gasteiger partial charge in [-0.05, 0) is 6.92 Å². The Hall–Kier alpha value is -1.23. The third-order valence-electron chi connectivity index (χ3n) is 1.33. The first kappa shape index (κ1) is 6.48. The number of rotatable bonds is 0. The Morgan fingerprint density at radius 2 is 2.27 bits per heavy atom. The Balaban J connectivity index is 2.91. The lowest BCUT2D eigenvalue weighted by Crippen LogP contribution is -1.95. The maximum atomic E-state index is 5.62. The van der Waals surface area contributed by atoms with Crippen molar-refractivity contribution in [1.29, 1.82) is 0 Å². The summed E-state index contributed by atoms with van der Waals surface area (Å²) >= 11 is 1.46. The van der Waals surface area contributed by atoms with Crippen LogP contribution in [0.1, 0.15) is 5.82 Å². The molecule has 0 spiro atoms. The van der Waals surface area contributed by atoms with Crippen LogP contribution in [0.5, 0.6) is 0 Å². The van der Waals surface area contributed by atoms with E-state index in [1.54, 1.807) is 12.4 Å².